The molecule has 2 aromatic carbocycles. The Balaban J connectivity index is 1.50. The molecule has 1 aromatic heterocycles. The van der Waals surface area contributed by atoms with E-state index in [9.17, 15) is 8.42 Å². The van der Waals surface area contributed by atoms with Crippen molar-refractivity contribution >= 4 is 10.0 Å². The number of hydrogen-bond donors (Lipinski definition) is 3. The zero-order valence-corrected chi connectivity index (χ0v) is 16.3. The second kappa shape index (κ2) is 8.47. The maximum atomic E-state index is 12.2. The highest BCUT2D eigenvalue weighted by Crippen LogP contribution is 2.21. The Morgan fingerprint density at radius 3 is 2.22 bits per heavy atom. The van der Waals surface area contributed by atoms with Gasteiger partial charge in [0.1, 0.15) is 0 Å². The van der Waals surface area contributed by atoms with Gasteiger partial charge in [-0.1, -0.05) is 47.5 Å². The Morgan fingerprint density at radius 2 is 1.56 bits per heavy atom. The van der Waals surface area contributed by atoms with Crippen LogP contribution in [0.5, 0.6) is 0 Å². The van der Waals surface area contributed by atoms with Gasteiger partial charge in [0.05, 0.1) is 16.8 Å². The summed E-state index contributed by atoms with van der Waals surface area (Å²) in [5.41, 5.74) is 5.33. The first-order chi connectivity index (χ1) is 13.0. The zero-order chi connectivity index (χ0) is 19.3. The molecule has 0 amide bonds. The number of rotatable bonds is 8. The Morgan fingerprint density at radius 1 is 0.926 bits per heavy atom. The highest BCUT2D eigenvalue weighted by molar-refractivity contribution is 7.89. The van der Waals surface area contributed by atoms with E-state index in [2.05, 4.69) is 51.4 Å². The molecule has 0 aliphatic carbocycles. The summed E-state index contributed by atoms with van der Waals surface area (Å²) in [7, 11) is -3.48. The van der Waals surface area contributed by atoms with Gasteiger partial charge < -0.3 is 5.32 Å². The van der Waals surface area contributed by atoms with Crippen molar-refractivity contribution in [1.82, 2.24) is 20.2 Å². The van der Waals surface area contributed by atoms with Gasteiger partial charge in [0.2, 0.25) is 10.0 Å². The number of benzene rings is 2. The molecule has 0 saturated carbocycles. The van der Waals surface area contributed by atoms with Crippen LogP contribution >= 0.6 is 0 Å². The summed E-state index contributed by atoms with van der Waals surface area (Å²) in [6.45, 7) is 5.41. The van der Waals surface area contributed by atoms with Crippen LogP contribution in [0.15, 0.2) is 59.6 Å². The Bertz CT molecular complexity index is 978. The molecule has 0 unspecified atom stereocenters. The Hall–Kier alpha value is -2.48. The molecule has 6 nitrogen and oxygen atoms in total. The van der Waals surface area contributed by atoms with Gasteiger partial charge in [0.15, 0.2) is 0 Å². The van der Waals surface area contributed by atoms with E-state index in [1.807, 2.05) is 6.92 Å². The van der Waals surface area contributed by atoms with Gasteiger partial charge in [-0.2, -0.15) is 5.10 Å². The third-order valence-corrected chi connectivity index (χ3v) is 5.78. The number of hydrogen-bond acceptors (Lipinski definition) is 4. The summed E-state index contributed by atoms with van der Waals surface area (Å²) in [4.78, 5) is 0.282. The van der Waals surface area contributed by atoms with Crippen molar-refractivity contribution in [3.8, 4) is 11.3 Å². The minimum absolute atomic E-state index is 0.282. The smallest absolute Gasteiger partial charge is 0.240 e. The molecule has 0 bridgehead atoms. The maximum absolute atomic E-state index is 12.2. The fraction of sp³-hybridized carbons (Fsp3) is 0.250. The zero-order valence-electron chi connectivity index (χ0n) is 15.5. The molecule has 0 fully saturated rings. The highest BCUT2D eigenvalue weighted by Gasteiger charge is 2.12. The van der Waals surface area contributed by atoms with E-state index in [1.165, 1.54) is 5.56 Å². The van der Waals surface area contributed by atoms with Gasteiger partial charge in [-0.05, 0) is 31.5 Å². The predicted octanol–water partition coefficient (Wildman–Crippen LogP) is 2.76. The average molecular weight is 385 g/mol. The van der Waals surface area contributed by atoms with Crippen LogP contribution in [-0.4, -0.2) is 31.7 Å². The quantitative estimate of drug-likeness (QED) is 0.521. The molecule has 0 aliphatic rings. The first-order valence-electron chi connectivity index (χ1n) is 8.82. The first-order valence-corrected chi connectivity index (χ1v) is 10.3. The van der Waals surface area contributed by atoms with Crippen molar-refractivity contribution in [2.75, 3.05) is 13.1 Å². The fourth-order valence-electron chi connectivity index (χ4n) is 2.71. The van der Waals surface area contributed by atoms with Crippen molar-refractivity contribution in [3.63, 3.8) is 0 Å². The monoisotopic (exact) mass is 384 g/mol. The Kier molecular flexibility index (Phi) is 6.05. The molecular weight excluding hydrogens is 360 g/mol. The van der Waals surface area contributed by atoms with Crippen LogP contribution in [0.25, 0.3) is 11.3 Å². The van der Waals surface area contributed by atoms with Crippen molar-refractivity contribution in [1.29, 1.82) is 0 Å². The largest absolute Gasteiger partial charge is 0.311 e. The third kappa shape index (κ3) is 5.03. The highest BCUT2D eigenvalue weighted by atomic mass is 32.2. The standard InChI is InChI=1S/C20H24N4O2S/c1-15-3-7-17(8-4-15)20-18(14-22-24-20)13-21-11-12-23-27(25,26)19-9-5-16(2)6-10-19/h3-10,14,21,23H,11-13H2,1-2H3,(H,22,24). The SMILES string of the molecule is Cc1ccc(-c2[nH]ncc2CNCCNS(=O)(=O)c2ccc(C)cc2)cc1. The molecule has 3 rings (SSSR count). The molecule has 3 N–H and O–H groups in total. The van der Waals surface area contributed by atoms with Crippen molar-refractivity contribution < 1.29 is 8.42 Å². The minimum atomic E-state index is -3.48. The number of nitrogens with one attached hydrogen (secondary N) is 3. The number of aromatic nitrogens is 2. The van der Waals surface area contributed by atoms with E-state index in [0.717, 1.165) is 22.4 Å². The number of H-pyrrole nitrogens is 1. The second-order valence-electron chi connectivity index (χ2n) is 6.52. The Labute approximate surface area is 160 Å². The van der Waals surface area contributed by atoms with Crippen molar-refractivity contribution in [3.05, 3.63) is 71.4 Å². The summed E-state index contributed by atoms with van der Waals surface area (Å²) in [5.74, 6) is 0. The van der Waals surface area contributed by atoms with Crippen molar-refractivity contribution in [2.24, 2.45) is 0 Å². The van der Waals surface area contributed by atoms with Crippen LogP contribution in [0, 0.1) is 13.8 Å². The van der Waals surface area contributed by atoms with Gasteiger partial charge in [-0.25, -0.2) is 13.1 Å². The van der Waals surface area contributed by atoms with Crippen LogP contribution < -0.4 is 10.0 Å². The predicted molar refractivity (Wildman–Crippen MR) is 107 cm³/mol. The molecule has 0 spiro atoms. The van der Waals surface area contributed by atoms with E-state index < -0.39 is 10.0 Å². The van der Waals surface area contributed by atoms with Crippen LogP contribution in [0.1, 0.15) is 16.7 Å². The number of aryl methyl sites for hydroxylation is 2. The van der Waals surface area contributed by atoms with Crippen LogP contribution in [0.2, 0.25) is 0 Å². The minimum Gasteiger partial charge on any atom is -0.311 e. The molecule has 0 radical (unpaired) electrons. The van der Waals surface area contributed by atoms with E-state index in [-0.39, 0.29) is 4.90 Å². The summed E-state index contributed by atoms with van der Waals surface area (Å²) in [6, 6.07) is 15.1. The number of nitrogens with zero attached hydrogens (tertiary/aromatic N) is 1. The molecule has 1 heterocycles. The van der Waals surface area contributed by atoms with E-state index >= 15 is 0 Å². The molecule has 27 heavy (non-hydrogen) atoms. The molecule has 0 atom stereocenters. The van der Waals surface area contributed by atoms with Gasteiger partial charge in [-0.3, -0.25) is 5.10 Å². The molecule has 0 saturated heterocycles. The van der Waals surface area contributed by atoms with E-state index in [1.54, 1.807) is 30.5 Å². The third-order valence-electron chi connectivity index (χ3n) is 4.30. The van der Waals surface area contributed by atoms with Crippen LogP contribution in [0.3, 0.4) is 0 Å². The van der Waals surface area contributed by atoms with Gasteiger partial charge in [-0.15, -0.1) is 0 Å². The summed E-state index contributed by atoms with van der Waals surface area (Å²) in [5, 5.41) is 10.4. The molecule has 3 aromatic rings. The van der Waals surface area contributed by atoms with Gasteiger partial charge >= 0.3 is 0 Å². The van der Waals surface area contributed by atoms with Gasteiger partial charge in [0, 0.05) is 25.2 Å². The van der Waals surface area contributed by atoms with Crippen LogP contribution in [-0.2, 0) is 16.6 Å². The number of aromatic amines is 1. The van der Waals surface area contributed by atoms with Crippen LogP contribution in [0.4, 0.5) is 0 Å². The van der Waals surface area contributed by atoms with Crippen molar-refractivity contribution in [2.45, 2.75) is 25.3 Å². The normalized spacial score (nSPS) is 11.6. The molecular formula is C20H24N4O2S. The lowest BCUT2D eigenvalue weighted by molar-refractivity contribution is 0.576. The first kappa shape index (κ1) is 19.3. The van der Waals surface area contributed by atoms with E-state index in [4.69, 9.17) is 0 Å². The maximum Gasteiger partial charge on any atom is 0.240 e. The molecule has 7 heteroatoms. The molecule has 142 valence electrons. The lowest BCUT2D eigenvalue weighted by Crippen LogP contribution is -2.31. The van der Waals surface area contributed by atoms with E-state index in [0.29, 0.717) is 19.6 Å². The topological polar surface area (TPSA) is 86.9 Å². The van der Waals surface area contributed by atoms with Gasteiger partial charge in [0.25, 0.3) is 0 Å². The fourth-order valence-corrected chi connectivity index (χ4v) is 3.74. The lowest BCUT2D eigenvalue weighted by Gasteiger charge is -2.09. The average Bonchev–Trinajstić information content (AvgIpc) is 3.11. The summed E-state index contributed by atoms with van der Waals surface area (Å²) >= 11 is 0. The molecule has 0 aliphatic heterocycles. The summed E-state index contributed by atoms with van der Waals surface area (Å²) < 4.78 is 27.1. The summed E-state index contributed by atoms with van der Waals surface area (Å²) in [6.07, 6.45) is 1.79. The lowest BCUT2D eigenvalue weighted by atomic mass is 10.1. The number of sulfonamides is 1. The second-order valence-corrected chi connectivity index (χ2v) is 8.29.